The number of benzene rings is 4. The van der Waals surface area contributed by atoms with Gasteiger partial charge in [0.15, 0.2) is 10.1 Å². The van der Waals surface area contributed by atoms with E-state index in [2.05, 4.69) is 20.8 Å². The number of nitrogens with zero attached hydrogens (tertiary/aromatic N) is 6. The van der Waals surface area contributed by atoms with Gasteiger partial charge in [0.05, 0.1) is 42.8 Å². The number of sulfonamides is 2. The Balaban J connectivity index is 0.000000210. The molecule has 0 saturated heterocycles. The predicted octanol–water partition coefficient (Wildman–Crippen LogP) is 6.72. The topological polar surface area (TPSA) is 189 Å². The highest BCUT2D eigenvalue weighted by molar-refractivity contribution is 7.93. The number of aromatic nitrogens is 4. The molecular weight excluding hydrogens is 888 g/mol. The average molecular weight is 936 g/mol. The fourth-order valence-corrected chi connectivity index (χ4v) is 9.56. The number of halogens is 2. The van der Waals surface area contributed by atoms with Gasteiger partial charge in [-0.05, 0) is 117 Å². The summed E-state index contributed by atoms with van der Waals surface area (Å²) in [6.07, 6.45) is 6.05. The van der Waals surface area contributed by atoms with Gasteiger partial charge in [0.1, 0.15) is 0 Å². The maximum Gasteiger partial charge on any atom is 0.283 e. The first-order valence-electron chi connectivity index (χ1n) is 19.8. The molecule has 2 heterocycles. The van der Waals surface area contributed by atoms with E-state index in [0.717, 1.165) is 24.8 Å². The van der Waals surface area contributed by atoms with E-state index < -0.39 is 31.5 Å². The van der Waals surface area contributed by atoms with Crippen LogP contribution in [0.15, 0.2) is 132 Å². The summed E-state index contributed by atoms with van der Waals surface area (Å²) in [7, 11) is -4.75. The number of carbonyl (C=O) groups is 2. The van der Waals surface area contributed by atoms with Crippen molar-refractivity contribution in [2.45, 2.75) is 67.8 Å². The van der Waals surface area contributed by atoms with Crippen LogP contribution < -0.4 is 19.2 Å². The van der Waals surface area contributed by atoms with Gasteiger partial charge < -0.3 is 15.7 Å². The third kappa shape index (κ3) is 11.7. The summed E-state index contributed by atoms with van der Waals surface area (Å²) in [6, 6.07) is 29.9. The molecule has 0 bridgehead atoms. The van der Waals surface area contributed by atoms with E-state index in [4.69, 9.17) is 23.2 Å². The lowest BCUT2D eigenvalue weighted by Gasteiger charge is -2.27. The second-order valence-electron chi connectivity index (χ2n) is 15.6. The van der Waals surface area contributed by atoms with Gasteiger partial charge in [-0.2, -0.15) is 27.0 Å². The van der Waals surface area contributed by atoms with Crippen molar-refractivity contribution < 1.29 is 31.5 Å². The standard InChI is InChI=1S/C22H25ClN4O4S.C22H23ClN4O3S/c1-22(2,15-28)24-21(29)17-5-4-6-19(13-17)27(14-16-7-9-18(23)10-8-16)32(30,31)20-11-12-26(3)25-20;1-26-21(12-13-24-26)31(29,30)27(15-16-8-10-18(23)11-9-16)20-7-2-4-17(14-20)22(28)25-19-5-3-6-19/h4-13,28H,14-15H2,1-3H3,(H,24,29);2,4,7-14,19H,3,5-6,15H2,1H3,(H,25,28). The fourth-order valence-electron chi connectivity index (χ4n) is 6.36. The molecule has 0 spiro atoms. The number of aliphatic hydroxyl groups excluding tert-OH is 1. The SMILES string of the molecule is Cn1ccc(S(=O)(=O)N(Cc2ccc(Cl)cc2)c2cccc(C(=O)NC(C)(C)CO)c2)n1.Cn1nccc1S(=O)(=O)N(Cc1ccc(Cl)cc1)c1cccc(C(=O)NC2CCC2)c1. The molecule has 1 fully saturated rings. The molecule has 15 nitrogen and oxygen atoms in total. The van der Waals surface area contributed by atoms with E-state index in [9.17, 15) is 31.5 Å². The number of rotatable bonds is 15. The van der Waals surface area contributed by atoms with Crippen LogP contribution >= 0.6 is 23.2 Å². The Morgan fingerprint density at radius 2 is 1.29 bits per heavy atom. The summed E-state index contributed by atoms with van der Waals surface area (Å²) in [5.41, 5.74) is 2.05. The van der Waals surface area contributed by atoms with Crippen LogP contribution in [0.2, 0.25) is 10.0 Å². The molecule has 0 aliphatic heterocycles. The quantitative estimate of drug-likeness (QED) is 0.100. The number of nitrogens with one attached hydrogen (secondary N) is 2. The van der Waals surface area contributed by atoms with Crippen LogP contribution in [0.3, 0.4) is 0 Å². The molecular formula is C44H48Cl2N8O7S2. The lowest BCUT2D eigenvalue weighted by molar-refractivity contribution is 0.0868. The molecule has 4 aromatic carbocycles. The molecule has 1 aliphatic rings. The van der Waals surface area contributed by atoms with Crippen LogP contribution in [0.4, 0.5) is 11.4 Å². The zero-order chi connectivity index (χ0) is 45.5. The van der Waals surface area contributed by atoms with Gasteiger partial charge in [-0.15, -0.1) is 0 Å². The van der Waals surface area contributed by atoms with Crippen molar-refractivity contribution in [3.05, 3.63) is 154 Å². The summed E-state index contributed by atoms with van der Waals surface area (Å²) in [5.74, 6) is -0.622. The molecule has 6 aromatic rings. The average Bonchev–Trinajstić information content (AvgIpc) is 3.90. The van der Waals surface area contributed by atoms with Crippen molar-refractivity contribution in [1.29, 1.82) is 0 Å². The largest absolute Gasteiger partial charge is 0.394 e. The highest BCUT2D eigenvalue weighted by Gasteiger charge is 2.31. The minimum Gasteiger partial charge on any atom is -0.394 e. The molecule has 0 unspecified atom stereocenters. The van der Waals surface area contributed by atoms with Gasteiger partial charge in [-0.1, -0.05) is 59.6 Å². The Hall–Kier alpha value is -5.72. The zero-order valence-electron chi connectivity index (χ0n) is 35.0. The van der Waals surface area contributed by atoms with Gasteiger partial charge in [-0.25, -0.2) is 0 Å². The first-order valence-corrected chi connectivity index (χ1v) is 23.5. The van der Waals surface area contributed by atoms with E-state index in [1.54, 1.807) is 125 Å². The summed E-state index contributed by atoms with van der Waals surface area (Å²) in [6.45, 7) is 3.23. The monoisotopic (exact) mass is 934 g/mol. The molecule has 7 rings (SSSR count). The molecule has 0 atom stereocenters. The molecule has 332 valence electrons. The van der Waals surface area contributed by atoms with Crippen LogP contribution in [-0.4, -0.2) is 71.5 Å². The van der Waals surface area contributed by atoms with E-state index in [-0.39, 0.29) is 47.3 Å². The summed E-state index contributed by atoms with van der Waals surface area (Å²) >= 11 is 12.0. The first kappa shape index (κ1) is 46.8. The van der Waals surface area contributed by atoms with Crippen molar-refractivity contribution in [2.24, 2.45) is 14.1 Å². The Morgan fingerprint density at radius 3 is 1.73 bits per heavy atom. The number of hydrogen-bond donors (Lipinski definition) is 3. The summed E-state index contributed by atoms with van der Waals surface area (Å²) < 4.78 is 59.2. The Morgan fingerprint density at radius 1 is 0.762 bits per heavy atom. The number of hydrogen-bond acceptors (Lipinski definition) is 9. The van der Waals surface area contributed by atoms with Crippen molar-refractivity contribution in [2.75, 3.05) is 15.2 Å². The molecule has 2 amide bonds. The van der Waals surface area contributed by atoms with Gasteiger partial charge in [0, 0.05) is 47.5 Å². The van der Waals surface area contributed by atoms with E-state index >= 15 is 0 Å². The highest BCUT2D eigenvalue weighted by Crippen LogP contribution is 2.29. The van der Waals surface area contributed by atoms with Gasteiger partial charge in [-0.3, -0.25) is 27.6 Å². The predicted molar refractivity (Wildman–Crippen MR) is 243 cm³/mol. The van der Waals surface area contributed by atoms with Crippen molar-refractivity contribution >= 4 is 66.4 Å². The second-order valence-corrected chi connectivity index (χ2v) is 20.1. The fraction of sp³-hybridized carbons (Fsp3) is 0.273. The van der Waals surface area contributed by atoms with Crippen LogP contribution in [0.25, 0.3) is 0 Å². The summed E-state index contributed by atoms with van der Waals surface area (Å²) in [5, 5.41) is 24.3. The van der Waals surface area contributed by atoms with Gasteiger partial charge in [0.2, 0.25) is 0 Å². The van der Waals surface area contributed by atoms with Gasteiger partial charge in [0.25, 0.3) is 31.9 Å². The van der Waals surface area contributed by atoms with Crippen molar-refractivity contribution in [3.63, 3.8) is 0 Å². The molecule has 63 heavy (non-hydrogen) atoms. The third-order valence-electron chi connectivity index (χ3n) is 10.1. The van der Waals surface area contributed by atoms with Crippen LogP contribution in [-0.2, 0) is 47.2 Å². The van der Waals surface area contributed by atoms with Crippen LogP contribution in [0, 0.1) is 0 Å². The van der Waals surface area contributed by atoms with E-state index in [0.29, 0.717) is 32.5 Å². The second kappa shape index (κ2) is 19.8. The summed E-state index contributed by atoms with van der Waals surface area (Å²) in [4.78, 5) is 25.3. The molecule has 19 heteroatoms. The van der Waals surface area contributed by atoms with E-state index in [1.807, 2.05) is 0 Å². The van der Waals surface area contributed by atoms with E-state index in [1.165, 1.54) is 42.4 Å². The molecule has 3 N–H and O–H groups in total. The first-order chi connectivity index (χ1) is 29.9. The third-order valence-corrected chi connectivity index (χ3v) is 14.2. The maximum absolute atomic E-state index is 13.5. The smallest absolute Gasteiger partial charge is 0.283 e. The minimum atomic E-state index is -4.03. The minimum absolute atomic E-state index is 0.0171. The Bertz CT molecular complexity index is 2770. The maximum atomic E-state index is 13.5. The number of aryl methyl sites for hydroxylation is 2. The van der Waals surface area contributed by atoms with Crippen molar-refractivity contribution in [3.8, 4) is 0 Å². The molecule has 1 saturated carbocycles. The highest BCUT2D eigenvalue weighted by atomic mass is 35.5. The molecule has 0 radical (unpaired) electrons. The lowest BCUT2D eigenvalue weighted by Crippen LogP contribution is -2.46. The number of amides is 2. The lowest BCUT2D eigenvalue weighted by atomic mass is 9.93. The molecule has 1 aliphatic carbocycles. The van der Waals surface area contributed by atoms with Crippen LogP contribution in [0.5, 0.6) is 0 Å². The van der Waals surface area contributed by atoms with Crippen LogP contribution in [0.1, 0.15) is 65.0 Å². The zero-order valence-corrected chi connectivity index (χ0v) is 38.2. The normalized spacial score (nSPS) is 13.0. The number of carbonyl (C=O) groups excluding carboxylic acids is 2. The number of aliphatic hydroxyl groups is 1. The van der Waals surface area contributed by atoms with Gasteiger partial charge >= 0.3 is 0 Å². The molecule has 2 aromatic heterocycles. The van der Waals surface area contributed by atoms with Crippen molar-refractivity contribution in [1.82, 2.24) is 30.2 Å². The Labute approximate surface area is 377 Å². The number of anilines is 2. The Kier molecular flexibility index (Phi) is 14.7.